The fourth-order valence-corrected chi connectivity index (χ4v) is 10.5. The number of aryl methyl sites for hydroxylation is 6. The van der Waals surface area contributed by atoms with E-state index >= 15 is 19.2 Å². The Kier molecular flexibility index (Phi) is 22.5. The zero-order chi connectivity index (χ0) is 72.2. The fourth-order valence-electron chi connectivity index (χ4n) is 10.5. The summed E-state index contributed by atoms with van der Waals surface area (Å²) in [6.07, 6.45) is 10.8. The number of carbonyl (C=O) groups excluding carboxylic acids is 7. The Bertz CT molecular complexity index is 4960. The summed E-state index contributed by atoms with van der Waals surface area (Å²) < 4.78 is 7.12. The van der Waals surface area contributed by atoms with Gasteiger partial charge >= 0.3 is 17.1 Å². The molecule has 0 aromatic carbocycles. The zero-order valence-corrected chi connectivity index (χ0v) is 53.9. The molecule has 0 aliphatic rings. The largest absolute Gasteiger partial charge is 0.382 e. The van der Waals surface area contributed by atoms with Crippen LogP contribution in [0.2, 0.25) is 0 Å². The van der Waals surface area contributed by atoms with Crippen molar-refractivity contribution >= 4 is 92.3 Å². The van der Waals surface area contributed by atoms with E-state index in [0.29, 0.717) is 24.0 Å². The molecular weight excluding hydrogens is 1310 g/mol. The number of nitrogens with two attached hydrogens (primary N) is 6. The molecule has 9 heterocycles. The number of H-pyrrole nitrogens is 3. The van der Waals surface area contributed by atoms with Crippen LogP contribution in [0, 0.1) is 20.8 Å². The normalized spacial score (nSPS) is 13.6. The maximum Gasteiger partial charge on any atom is 0.328 e. The molecular formula is C57H72N30O13. The second-order valence-corrected chi connectivity index (χ2v) is 23.3. The summed E-state index contributed by atoms with van der Waals surface area (Å²) in [6, 6.07) is -11.9. The number of rotatable bonds is 32. The first-order chi connectivity index (χ1) is 47.7. The number of amides is 7. The van der Waals surface area contributed by atoms with Crippen LogP contribution >= 0.6 is 0 Å². The SMILES string of the molecule is Cc1cn(C[C@H](NC(=O)[C@H](Cn2cc(C)c(=O)[nH]c2=O)NC(=O)[C@H](CCn2cnc3c(N)ncnc32)NC(=O)[C@H](Cn2cc(C)c(=O)[nH]c2=O)NC(=O)[C@H](CCn2cnc3c(N)ncnc32)NC(=O)[C@@H](N)CCn2cnc3c(N)ncnc32)C(=O)N[C@@H](CCCCN)C(N)=O)c(=O)[nH]c1=O. The van der Waals surface area contributed by atoms with Crippen molar-refractivity contribution in [3.63, 3.8) is 0 Å². The van der Waals surface area contributed by atoms with Gasteiger partial charge in [-0.05, 0) is 65.8 Å². The van der Waals surface area contributed by atoms with Crippen molar-refractivity contribution in [3.8, 4) is 0 Å². The average Bonchev–Trinajstić information content (AvgIpc) is 1.55. The Hall–Kier alpha value is -12.7. The number of unbranched alkanes of at least 4 members (excludes halogenated alkanes) is 1. The molecule has 7 atom stereocenters. The van der Waals surface area contributed by atoms with Gasteiger partial charge in [0.15, 0.2) is 34.4 Å². The number of nitrogen functional groups attached to an aromatic ring is 3. The quantitative estimate of drug-likeness (QED) is 0.0174. The number of nitrogens with one attached hydrogen (secondary N) is 9. The standard InChI is InChI=1S/C57H72N30O13/c1-26-14-85(55(98)79-46(26)89)17-33(52(95)73-30(42(63)88)6-4-5-10-58)78-54(97)35(19-87-16-28(3)48(91)81-57(87)100)77-51(94)32(9-13-84-25-72-38-41(62)66-22-69-45(38)84)75-53(96)34(18-86-15-27(2)47(90)80-56(86)99)76-50(93)31(8-12-83-24-71-37-40(61)65-21-68-44(37)83)74-49(92)29(59)7-11-82-23-70-36-39(60)64-20-67-43(36)82/h14-16,20-25,29-35H,4-13,17-19,58-59H2,1-3H3,(H2,63,88)(H,73,95)(H,74,92)(H,75,96)(H,76,93)(H,77,94)(H,78,97)(H2,60,64,67)(H2,61,65,68)(H2,62,66,69)(H,79,89,98)(H,80,90,99)(H,81,91,100)/t29-,30-,31-,32-,33-,34-,35-/m0/s1. The van der Waals surface area contributed by atoms with E-state index in [1.165, 1.54) is 61.5 Å². The highest BCUT2D eigenvalue weighted by Gasteiger charge is 2.36. The Morgan fingerprint density at radius 2 is 0.720 bits per heavy atom. The van der Waals surface area contributed by atoms with E-state index in [1.54, 1.807) is 4.57 Å². The number of nitrogens with zero attached hydrogens (tertiary/aromatic N) is 15. The van der Waals surface area contributed by atoms with Gasteiger partial charge in [0.05, 0.1) is 44.7 Å². The molecule has 7 amide bonds. The minimum Gasteiger partial charge on any atom is -0.382 e. The molecule has 0 fully saturated rings. The third-order valence-corrected chi connectivity index (χ3v) is 16.1. The van der Waals surface area contributed by atoms with E-state index in [2.05, 4.69) is 91.7 Å². The van der Waals surface area contributed by atoms with Gasteiger partial charge in [-0.1, -0.05) is 0 Å². The summed E-state index contributed by atoms with van der Waals surface area (Å²) in [6.45, 7) is 1.60. The number of imidazole rings is 3. The van der Waals surface area contributed by atoms with E-state index in [0.717, 1.165) is 38.6 Å². The maximum atomic E-state index is 15.4. The minimum atomic E-state index is -2.01. The van der Waals surface area contributed by atoms with Crippen LogP contribution in [0.3, 0.4) is 0 Å². The molecule has 0 saturated heterocycles. The Morgan fingerprint density at radius 1 is 0.410 bits per heavy atom. The number of fused-ring (bicyclic) bond motifs is 3. The molecule has 9 aromatic rings. The van der Waals surface area contributed by atoms with Gasteiger partial charge in [0.1, 0.15) is 71.8 Å². The fraction of sp³-hybridized carbons (Fsp3) is 0.404. The molecule has 9 aromatic heterocycles. The van der Waals surface area contributed by atoms with E-state index in [4.69, 9.17) is 34.4 Å². The van der Waals surface area contributed by atoms with Gasteiger partial charge in [0.2, 0.25) is 41.4 Å². The first-order valence-electron chi connectivity index (χ1n) is 30.9. The molecule has 0 radical (unpaired) electrons. The van der Waals surface area contributed by atoms with E-state index in [9.17, 15) is 43.2 Å². The molecule has 0 unspecified atom stereocenters. The molecule has 0 saturated carbocycles. The minimum absolute atomic E-state index is 0.000573. The number of hydrogen-bond acceptors (Lipinski definition) is 27. The number of aromatic nitrogens is 18. The third kappa shape index (κ3) is 17.1. The number of anilines is 3. The lowest BCUT2D eigenvalue weighted by molar-refractivity contribution is -0.136. The first-order valence-corrected chi connectivity index (χ1v) is 30.9. The first kappa shape index (κ1) is 71.6. The third-order valence-electron chi connectivity index (χ3n) is 16.1. The van der Waals surface area contributed by atoms with Crippen molar-refractivity contribution in [2.45, 2.75) is 141 Å². The van der Waals surface area contributed by atoms with Crippen LogP contribution in [0.15, 0.2) is 85.3 Å². The predicted molar refractivity (Wildman–Crippen MR) is 353 cm³/mol. The molecule has 43 heteroatoms. The summed E-state index contributed by atoms with van der Waals surface area (Å²) in [5, 5.41) is 15.3. The lowest BCUT2D eigenvalue weighted by Crippen LogP contribution is -2.62. The van der Waals surface area contributed by atoms with Crippen molar-refractivity contribution in [2.24, 2.45) is 17.2 Å². The van der Waals surface area contributed by atoms with Crippen LogP contribution in [0.5, 0.6) is 0 Å². The number of aromatic amines is 3. The van der Waals surface area contributed by atoms with Crippen molar-refractivity contribution in [1.82, 2.24) is 119 Å². The number of hydrogen-bond donors (Lipinski definition) is 15. The van der Waals surface area contributed by atoms with Crippen LogP contribution in [-0.2, 0) is 72.8 Å². The summed E-state index contributed by atoms with van der Waals surface area (Å²) in [5.74, 6) is -7.60. The molecule has 9 rings (SSSR count). The molecule has 0 aliphatic carbocycles. The van der Waals surface area contributed by atoms with Gasteiger partial charge in [-0.3, -0.25) is 76.6 Å². The highest BCUT2D eigenvalue weighted by Crippen LogP contribution is 2.19. The number of primary amides is 1. The Labute approximate surface area is 560 Å². The van der Waals surface area contributed by atoms with Gasteiger partial charge in [0.25, 0.3) is 16.7 Å². The van der Waals surface area contributed by atoms with Crippen LogP contribution in [0.25, 0.3) is 33.5 Å². The highest BCUT2D eigenvalue weighted by molar-refractivity contribution is 5.97. The predicted octanol–water partition coefficient (Wildman–Crippen LogP) is -8.15. The Balaban J connectivity index is 1.07. The molecule has 43 nitrogen and oxygen atoms in total. The molecule has 0 bridgehead atoms. The van der Waals surface area contributed by atoms with E-state index in [-0.39, 0.29) is 102 Å². The summed E-state index contributed by atoms with van der Waals surface area (Å²) in [4.78, 5) is 224. The van der Waals surface area contributed by atoms with Gasteiger partial charge in [-0.2, -0.15) is 0 Å². The second kappa shape index (κ2) is 31.5. The molecule has 0 aliphatic heterocycles. The van der Waals surface area contributed by atoms with E-state index < -0.39 is 143 Å². The van der Waals surface area contributed by atoms with Crippen LogP contribution < -0.4 is 100 Å². The zero-order valence-electron chi connectivity index (χ0n) is 53.9. The molecule has 21 N–H and O–H groups in total. The smallest absolute Gasteiger partial charge is 0.328 e. The lowest BCUT2D eigenvalue weighted by atomic mass is 10.1. The summed E-state index contributed by atoms with van der Waals surface area (Å²) in [5.41, 5.74) is 31.7. The lowest BCUT2D eigenvalue weighted by Gasteiger charge is -2.28. The summed E-state index contributed by atoms with van der Waals surface area (Å²) >= 11 is 0. The Morgan fingerprint density at radius 3 is 1.06 bits per heavy atom. The van der Waals surface area contributed by atoms with Gasteiger partial charge in [-0.25, -0.2) is 59.2 Å². The monoisotopic (exact) mass is 1380 g/mol. The van der Waals surface area contributed by atoms with Crippen LogP contribution in [0.1, 0.15) is 55.2 Å². The van der Waals surface area contributed by atoms with Crippen molar-refractivity contribution in [2.75, 3.05) is 23.7 Å². The molecule has 100 heavy (non-hydrogen) atoms. The molecule has 528 valence electrons. The van der Waals surface area contributed by atoms with Gasteiger partial charge in [0, 0.05) is 54.9 Å². The van der Waals surface area contributed by atoms with Crippen LogP contribution in [0.4, 0.5) is 17.5 Å². The molecule has 0 spiro atoms. The maximum absolute atomic E-state index is 15.4. The van der Waals surface area contributed by atoms with Crippen molar-refractivity contribution in [1.29, 1.82) is 0 Å². The van der Waals surface area contributed by atoms with Gasteiger partial charge in [-0.15, -0.1) is 0 Å². The average molecular weight is 1390 g/mol. The van der Waals surface area contributed by atoms with Crippen molar-refractivity contribution in [3.05, 3.63) is 136 Å². The summed E-state index contributed by atoms with van der Waals surface area (Å²) in [7, 11) is 0. The van der Waals surface area contributed by atoms with E-state index in [1.807, 2.05) is 0 Å². The van der Waals surface area contributed by atoms with Crippen LogP contribution in [-0.4, -0.2) is 177 Å². The highest BCUT2D eigenvalue weighted by atomic mass is 16.2. The van der Waals surface area contributed by atoms with Crippen molar-refractivity contribution < 1.29 is 33.6 Å². The topological polar surface area (TPSA) is 643 Å². The van der Waals surface area contributed by atoms with Gasteiger partial charge < -0.3 is 80.0 Å². The number of carbonyl (C=O) groups is 7. The second-order valence-electron chi connectivity index (χ2n) is 23.3.